The Hall–Kier alpha value is -6.40. The van der Waals surface area contributed by atoms with Gasteiger partial charge in [0.15, 0.2) is 5.82 Å². The van der Waals surface area contributed by atoms with Crippen LogP contribution in [-0.4, -0.2) is 14.5 Å². The SMILES string of the molecule is c1ccc2cc(-c3nc(-c4ccc(-n5c6ccccc6c6c7ccccc7c7c8ccccc8sc7c65)cc4)nc4c3sc3ccccc34)ccc2c1. The highest BCUT2D eigenvalue weighted by molar-refractivity contribution is 7.27. The van der Waals surface area contributed by atoms with Gasteiger partial charge in [-0.05, 0) is 70.1 Å². The van der Waals surface area contributed by atoms with E-state index in [9.17, 15) is 0 Å². The summed E-state index contributed by atoms with van der Waals surface area (Å²) in [6.45, 7) is 0. The number of fused-ring (bicyclic) bond motifs is 14. The standard InChI is InChI=1S/C48H27N3S2/c1-2-12-30-27-31(22-21-28(30)11-1)43-47-44(37-17-7-10-20-40(37)53-47)50-48(49-43)29-23-25-32(26-24-29)51-38-18-8-5-15-35(38)41-33-13-3-4-14-34(33)42-36-16-6-9-19-39(36)52-46(42)45(41)51/h1-27H. The highest BCUT2D eigenvalue weighted by atomic mass is 32.1. The molecule has 0 N–H and O–H groups in total. The Kier molecular flexibility index (Phi) is 6.09. The van der Waals surface area contributed by atoms with Crippen molar-refractivity contribution in [3.63, 3.8) is 0 Å². The summed E-state index contributed by atoms with van der Waals surface area (Å²) in [5.74, 6) is 0.732. The molecule has 12 rings (SSSR count). The van der Waals surface area contributed by atoms with E-state index in [2.05, 4.69) is 168 Å². The maximum Gasteiger partial charge on any atom is 0.160 e. The van der Waals surface area contributed by atoms with Gasteiger partial charge in [-0.15, -0.1) is 22.7 Å². The third kappa shape index (κ3) is 4.20. The molecule has 3 nitrogen and oxygen atoms in total. The van der Waals surface area contributed by atoms with Crippen LogP contribution in [0.5, 0.6) is 0 Å². The first-order chi connectivity index (χ1) is 26.3. The normalized spacial score (nSPS) is 12.2. The third-order valence-corrected chi connectivity index (χ3v) is 13.1. The van der Waals surface area contributed by atoms with Gasteiger partial charge in [-0.3, -0.25) is 0 Å². The predicted octanol–water partition coefficient (Wildman–Crippen LogP) is 13.9. The van der Waals surface area contributed by atoms with E-state index < -0.39 is 0 Å². The minimum Gasteiger partial charge on any atom is -0.308 e. The molecule has 0 radical (unpaired) electrons. The van der Waals surface area contributed by atoms with Crippen molar-refractivity contribution in [2.24, 2.45) is 0 Å². The monoisotopic (exact) mass is 709 g/mol. The first-order valence-corrected chi connectivity index (χ1v) is 19.5. The Bertz CT molecular complexity index is 3460. The number of hydrogen-bond acceptors (Lipinski definition) is 4. The lowest BCUT2D eigenvalue weighted by molar-refractivity contribution is 1.18. The minimum absolute atomic E-state index is 0.732. The molecular weight excluding hydrogens is 683 g/mol. The smallest absolute Gasteiger partial charge is 0.160 e. The van der Waals surface area contributed by atoms with E-state index in [1.807, 2.05) is 11.3 Å². The summed E-state index contributed by atoms with van der Waals surface area (Å²) >= 11 is 3.66. The maximum atomic E-state index is 5.33. The largest absolute Gasteiger partial charge is 0.308 e. The molecule has 0 aliphatic heterocycles. The van der Waals surface area contributed by atoms with E-state index in [-0.39, 0.29) is 0 Å². The van der Waals surface area contributed by atoms with E-state index in [1.54, 1.807) is 11.3 Å². The Morgan fingerprint density at radius 3 is 1.85 bits per heavy atom. The molecule has 0 aliphatic carbocycles. The van der Waals surface area contributed by atoms with Crippen LogP contribution in [0.25, 0.3) is 112 Å². The van der Waals surface area contributed by atoms with Crippen LogP contribution in [-0.2, 0) is 0 Å². The summed E-state index contributed by atoms with van der Waals surface area (Å²) in [6, 6.07) is 59.2. The van der Waals surface area contributed by atoms with Gasteiger partial charge < -0.3 is 4.57 Å². The summed E-state index contributed by atoms with van der Waals surface area (Å²) in [6.07, 6.45) is 0. The molecular formula is C48H27N3S2. The summed E-state index contributed by atoms with van der Waals surface area (Å²) in [7, 11) is 0. The van der Waals surface area contributed by atoms with Crippen molar-refractivity contribution in [1.82, 2.24) is 14.5 Å². The molecule has 12 aromatic rings. The zero-order chi connectivity index (χ0) is 34.6. The van der Waals surface area contributed by atoms with E-state index in [0.29, 0.717) is 0 Å². The average molecular weight is 710 g/mol. The number of nitrogens with zero attached hydrogens (tertiary/aromatic N) is 3. The van der Waals surface area contributed by atoms with Gasteiger partial charge in [0.2, 0.25) is 0 Å². The van der Waals surface area contributed by atoms with Crippen LogP contribution in [0.2, 0.25) is 0 Å². The molecule has 0 spiro atoms. The van der Waals surface area contributed by atoms with Crippen LogP contribution in [0, 0.1) is 0 Å². The molecule has 0 saturated carbocycles. The minimum atomic E-state index is 0.732. The van der Waals surface area contributed by atoms with Crippen molar-refractivity contribution in [3.8, 4) is 28.3 Å². The maximum absolute atomic E-state index is 5.33. The lowest BCUT2D eigenvalue weighted by Gasteiger charge is -2.12. The number of rotatable bonds is 3. The van der Waals surface area contributed by atoms with Gasteiger partial charge in [0.1, 0.15) is 0 Å². The molecule has 0 amide bonds. The number of hydrogen-bond donors (Lipinski definition) is 0. The van der Waals surface area contributed by atoms with Crippen molar-refractivity contribution >= 4 is 106 Å². The summed E-state index contributed by atoms with van der Waals surface area (Å²) < 4.78 is 7.43. The molecule has 0 aliphatic rings. The van der Waals surface area contributed by atoms with Crippen molar-refractivity contribution in [2.75, 3.05) is 0 Å². The van der Waals surface area contributed by atoms with Gasteiger partial charge >= 0.3 is 0 Å². The first-order valence-electron chi connectivity index (χ1n) is 17.8. The molecule has 0 fully saturated rings. The van der Waals surface area contributed by atoms with Crippen molar-refractivity contribution in [1.29, 1.82) is 0 Å². The molecule has 0 atom stereocenters. The van der Waals surface area contributed by atoms with E-state index >= 15 is 0 Å². The highest BCUT2D eigenvalue weighted by Crippen LogP contribution is 2.48. The molecule has 0 saturated heterocycles. The Labute approximate surface area is 311 Å². The average Bonchev–Trinajstić information content (AvgIpc) is 3.91. The zero-order valence-corrected chi connectivity index (χ0v) is 29.9. The van der Waals surface area contributed by atoms with Crippen LogP contribution in [0.3, 0.4) is 0 Å². The van der Waals surface area contributed by atoms with Crippen molar-refractivity contribution in [3.05, 3.63) is 164 Å². The molecule has 4 heterocycles. The van der Waals surface area contributed by atoms with Gasteiger partial charge in [-0.2, -0.15) is 0 Å². The molecule has 5 heteroatoms. The van der Waals surface area contributed by atoms with Gasteiger partial charge in [0.25, 0.3) is 0 Å². The summed E-state index contributed by atoms with van der Waals surface area (Å²) in [4.78, 5) is 10.6. The Balaban J connectivity index is 1.10. The molecule has 4 aromatic heterocycles. The fraction of sp³-hybridized carbons (Fsp3) is 0. The number of benzene rings is 8. The Morgan fingerprint density at radius 1 is 0.434 bits per heavy atom. The van der Waals surface area contributed by atoms with Crippen LogP contribution in [0.1, 0.15) is 0 Å². The lowest BCUT2D eigenvalue weighted by Crippen LogP contribution is -1.96. The number of aromatic nitrogens is 3. The molecule has 0 bridgehead atoms. The lowest BCUT2D eigenvalue weighted by atomic mass is 9.99. The second-order valence-corrected chi connectivity index (χ2v) is 15.8. The van der Waals surface area contributed by atoms with E-state index in [1.165, 1.54) is 73.6 Å². The topological polar surface area (TPSA) is 30.7 Å². The number of para-hydroxylation sites is 1. The van der Waals surface area contributed by atoms with Crippen LogP contribution in [0.4, 0.5) is 0 Å². The van der Waals surface area contributed by atoms with Crippen LogP contribution < -0.4 is 0 Å². The molecule has 8 aromatic carbocycles. The van der Waals surface area contributed by atoms with Crippen molar-refractivity contribution in [2.45, 2.75) is 0 Å². The summed E-state index contributed by atoms with van der Waals surface area (Å²) in [5, 5.41) is 11.4. The van der Waals surface area contributed by atoms with Gasteiger partial charge in [0, 0.05) is 53.1 Å². The zero-order valence-electron chi connectivity index (χ0n) is 28.2. The quantitative estimate of drug-likeness (QED) is 0.183. The number of thiophene rings is 2. The second-order valence-electron chi connectivity index (χ2n) is 13.7. The fourth-order valence-corrected chi connectivity index (χ4v) is 10.8. The fourth-order valence-electron chi connectivity index (χ4n) is 8.41. The highest BCUT2D eigenvalue weighted by Gasteiger charge is 2.22. The van der Waals surface area contributed by atoms with Crippen molar-refractivity contribution < 1.29 is 0 Å². The van der Waals surface area contributed by atoms with Gasteiger partial charge in [-0.25, -0.2) is 9.97 Å². The molecule has 0 unspecified atom stereocenters. The van der Waals surface area contributed by atoms with Gasteiger partial charge in [-0.1, -0.05) is 115 Å². The van der Waals surface area contributed by atoms with Crippen LogP contribution >= 0.6 is 22.7 Å². The predicted molar refractivity (Wildman–Crippen MR) is 228 cm³/mol. The second kappa shape index (κ2) is 11.1. The molecule has 246 valence electrons. The third-order valence-electron chi connectivity index (χ3n) is 10.8. The van der Waals surface area contributed by atoms with E-state index in [4.69, 9.17) is 9.97 Å². The van der Waals surface area contributed by atoms with E-state index in [0.717, 1.165) is 38.5 Å². The van der Waals surface area contributed by atoms with Gasteiger partial charge in [0.05, 0.1) is 31.6 Å². The van der Waals surface area contributed by atoms with Crippen LogP contribution in [0.15, 0.2) is 164 Å². The summed E-state index contributed by atoms with van der Waals surface area (Å²) in [5.41, 5.74) is 7.65. The Morgan fingerprint density at radius 2 is 1.04 bits per heavy atom. The molecule has 53 heavy (non-hydrogen) atoms. The first kappa shape index (κ1) is 29.2.